The molecule has 2 aromatic carbocycles. The maximum atomic E-state index is 13.1. The summed E-state index contributed by atoms with van der Waals surface area (Å²) in [6.45, 7) is 2.76. The smallest absolute Gasteiger partial charge is 0.270 e. The number of nitro groups is 1. The summed E-state index contributed by atoms with van der Waals surface area (Å²) < 4.78 is 2.27. The Morgan fingerprint density at radius 2 is 1.91 bits per heavy atom. The number of carbonyl (C=O) groups is 1. The second-order valence-electron chi connectivity index (χ2n) is 7.91. The molecule has 34 heavy (non-hydrogen) atoms. The van der Waals surface area contributed by atoms with E-state index >= 15 is 0 Å². The molecular weight excluding hydrogens is 468 g/mol. The van der Waals surface area contributed by atoms with E-state index in [0.29, 0.717) is 32.6 Å². The number of thioether (sulfide) groups is 1. The number of hydrogen-bond donors (Lipinski definition) is 0. The van der Waals surface area contributed by atoms with E-state index in [-0.39, 0.29) is 11.6 Å². The molecule has 0 radical (unpaired) electrons. The summed E-state index contributed by atoms with van der Waals surface area (Å²) in [7, 11) is 0. The molecule has 1 fully saturated rings. The highest BCUT2D eigenvalue weighted by Gasteiger charge is 2.32. The summed E-state index contributed by atoms with van der Waals surface area (Å²) in [4.78, 5) is 26.2. The standard InChI is InChI=1S/C25H24N4O3S2/c1-2-3-4-8-14-27-24(30)22(34-25(27)33)16-19-17-28(20-11-6-5-7-12-20)26-23(19)18-10-9-13-21(15-18)29(31)32/h5-7,9-13,15-17H,2-4,8,14H2,1H3/b22-16+. The Bertz CT molecular complexity index is 1250. The average Bonchev–Trinajstić information content (AvgIpc) is 3.38. The van der Waals surface area contributed by atoms with E-state index in [4.69, 9.17) is 17.3 Å². The number of thiocarbonyl (C=S) groups is 1. The molecule has 0 spiro atoms. The Morgan fingerprint density at radius 1 is 1.12 bits per heavy atom. The van der Waals surface area contributed by atoms with Crippen LogP contribution in [-0.2, 0) is 4.79 Å². The van der Waals surface area contributed by atoms with Gasteiger partial charge in [0.05, 0.1) is 15.5 Å². The SMILES string of the molecule is CCCCCCN1C(=O)/C(=C\c2cn(-c3ccccc3)nc2-c2cccc([N+](=O)[O-])c2)SC1=S. The van der Waals surface area contributed by atoms with Crippen LogP contribution in [-0.4, -0.2) is 36.4 Å². The van der Waals surface area contributed by atoms with Gasteiger partial charge in [-0.1, -0.05) is 80.5 Å². The van der Waals surface area contributed by atoms with Crippen molar-refractivity contribution < 1.29 is 9.72 Å². The lowest BCUT2D eigenvalue weighted by molar-refractivity contribution is -0.384. The molecule has 4 rings (SSSR count). The number of aromatic nitrogens is 2. The van der Waals surface area contributed by atoms with Gasteiger partial charge < -0.3 is 0 Å². The molecule has 0 saturated carbocycles. The van der Waals surface area contributed by atoms with Crippen LogP contribution in [0.15, 0.2) is 65.7 Å². The van der Waals surface area contributed by atoms with E-state index in [9.17, 15) is 14.9 Å². The summed E-state index contributed by atoms with van der Waals surface area (Å²) in [5, 5.41) is 16.0. The number of amides is 1. The highest BCUT2D eigenvalue weighted by Crippen LogP contribution is 2.35. The fourth-order valence-corrected chi connectivity index (χ4v) is 5.03. The molecule has 7 nitrogen and oxygen atoms in total. The molecule has 1 aliphatic heterocycles. The van der Waals surface area contributed by atoms with E-state index in [1.54, 1.807) is 27.8 Å². The molecule has 174 valence electrons. The van der Waals surface area contributed by atoms with Gasteiger partial charge in [-0.25, -0.2) is 4.68 Å². The van der Waals surface area contributed by atoms with Gasteiger partial charge in [0.2, 0.25) is 0 Å². The molecule has 2 heterocycles. The van der Waals surface area contributed by atoms with Crippen molar-refractivity contribution in [1.29, 1.82) is 0 Å². The average molecular weight is 493 g/mol. The predicted molar refractivity (Wildman–Crippen MR) is 140 cm³/mol. The van der Waals surface area contributed by atoms with Crippen LogP contribution < -0.4 is 0 Å². The molecule has 1 aliphatic rings. The Labute approximate surface area is 207 Å². The second kappa shape index (κ2) is 10.8. The summed E-state index contributed by atoms with van der Waals surface area (Å²) >= 11 is 6.76. The van der Waals surface area contributed by atoms with Gasteiger partial charge in [0.15, 0.2) is 0 Å². The van der Waals surface area contributed by atoms with Crippen molar-refractivity contribution >= 4 is 46.0 Å². The Kier molecular flexibility index (Phi) is 7.54. The molecule has 9 heteroatoms. The molecule has 0 bridgehead atoms. The lowest BCUT2D eigenvalue weighted by Crippen LogP contribution is -2.29. The van der Waals surface area contributed by atoms with Crippen LogP contribution in [0.25, 0.3) is 23.0 Å². The first-order valence-electron chi connectivity index (χ1n) is 11.1. The van der Waals surface area contributed by atoms with Gasteiger partial charge in [-0.3, -0.25) is 19.8 Å². The number of unbranched alkanes of at least 4 members (excludes halogenated alkanes) is 3. The molecule has 3 aromatic rings. The zero-order chi connectivity index (χ0) is 24.1. The van der Waals surface area contributed by atoms with Gasteiger partial charge >= 0.3 is 0 Å². The van der Waals surface area contributed by atoms with E-state index < -0.39 is 4.92 Å². The van der Waals surface area contributed by atoms with Crippen LogP contribution in [0.3, 0.4) is 0 Å². The fourth-order valence-electron chi connectivity index (χ4n) is 3.73. The topological polar surface area (TPSA) is 81.3 Å². The van der Waals surface area contributed by atoms with Crippen molar-refractivity contribution in [3.05, 3.63) is 81.4 Å². The van der Waals surface area contributed by atoms with Crippen LogP contribution in [0.1, 0.15) is 38.2 Å². The van der Waals surface area contributed by atoms with Crippen LogP contribution in [0.4, 0.5) is 5.69 Å². The number of carbonyl (C=O) groups excluding carboxylic acids is 1. The first-order chi connectivity index (χ1) is 16.5. The summed E-state index contributed by atoms with van der Waals surface area (Å²) in [6.07, 6.45) is 7.86. The third kappa shape index (κ3) is 5.26. The molecule has 1 saturated heterocycles. The fraction of sp³-hybridized carbons (Fsp3) is 0.240. The van der Waals surface area contributed by atoms with Crippen LogP contribution in [0.5, 0.6) is 0 Å². The molecule has 0 atom stereocenters. The van der Waals surface area contributed by atoms with Crippen molar-refractivity contribution in [2.24, 2.45) is 0 Å². The van der Waals surface area contributed by atoms with Crippen molar-refractivity contribution in [3.8, 4) is 16.9 Å². The minimum absolute atomic E-state index is 0.0175. The highest BCUT2D eigenvalue weighted by atomic mass is 32.2. The minimum Gasteiger partial charge on any atom is -0.293 e. The number of rotatable bonds is 9. The second-order valence-corrected chi connectivity index (χ2v) is 9.59. The van der Waals surface area contributed by atoms with Gasteiger partial charge in [-0.2, -0.15) is 5.10 Å². The van der Waals surface area contributed by atoms with E-state index in [1.165, 1.54) is 23.9 Å². The highest BCUT2D eigenvalue weighted by molar-refractivity contribution is 8.26. The van der Waals surface area contributed by atoms with Crippen molar-refractivity contribution in [1.82, 2.24) is 14.7 Å². The van der Waals surface area contributed by atoms with Crippen molar-refractivity contribution in [2.45, 2.75) is 32.6 Å². The Balaban J connectivity index is 1.71. The number of para-hydroxylation sites is 1. The monoisotopic (exact) mass is 492 g/mol. The lowest BCUT2D eigenvalue weighted by Gasteiger charge is -2.13. The van der Waals surface area contributed by atoms with E-state index in [2.05, 4.69) is 6.92 Å². The molecule has 1 aromatic heterocycles. The van der Waals surface area contributed by atoms with E-state index in [0.717, 1.165) is 31.4 Å². The van der Waals surface area contributed by atoms with Crippen LogP contribution in [0, 0.1) is 10.1 Å². The van der Waals surface area contributed by atoms with Gasteiger partial charge in [-0.05, 0) is 24.6 Å². The normalized spacial score (nSPS) is 14.9. The Hall–Kier alpha value is -3.30. The first-order valence-corrected chi connectivity index (χ1v) is 12.4. The quantitative estimate of drug-likeness (QED) is 0.116. The van der Waals surface area contributed by atoms with E-state index in [1.807, 2.05) is 36.5 Å². The number of nitrogens with zero attached hydrogens (tertiary/aromatic N) is 4. The van der Waals surface area contributed by atoms with Crippen molar-refractivity contribution in [2.75, 3.05) is 6.54 Å². The molecule has 0 aliphatic carbocycles. The number of benzene rings is 2. The molecule has 0 unspecified atom stereocenters. The van der Waals surface area contributed by atoms with Gasteiger partial charge in [0.1, 0.15) is 10.0 Å². The minimum atomic E-state index is -0.430. The van der Waals surface area contributed by atoms with Gasteiger partial charge in [-0.15, -0.1) is 0 Å². The maximum Gasteiger partial charge on any atom is 0.270 e. The predicted octanol–water partition coefficient (Wildman–Crippen LogP) is 6.23. The molecule has 1 amide bonds. The summed E-state index contributed by atoms with van der Waals surface area (Å²) in [5.74, 6) is -0.107. The van der Waals surface area contributed by atoms with Gasteiger partial charge in [0.25, 0.3) is 11.6 Å². The summed E-state index contributed by atoms with van der Waals surface area (Å²) in [6, 6.07) is 15.9. The zero-order valence-corrected chi connectivity index (χ0v) is 20.3. The van der Waals surface area contributed by atoms with Crippen LogP contribution in [0.2, 0.25) is 0 Å². The van der Waals surface area contributed by atoms with Gasteiger partial charge in [0, 0.05) is 36.0 Å². The third-order valence-corrected chi connectivity index (χ3v) is 6.87. The number of non-ortho nitro benzene ring substituents is 1. The Morgan fingerprint density at radius 3 is 2.65 bits per heavy atom. The van der Waals surface area contributed by atoms with Crippen molar-refractivity contribution in [3.63, 3.8) is 0 Å². The largest absolute Gasteiger partial charge is 0.293 e. The number of nitro benzene ring substituents is 1. The molecular formula is C25H24N4O3S2. The number of hydrogen-bond acceptors (Lipinski definition) is 6. The maximum absolute atomic E-state index is 13.1. The first kappa shape index (κ1) is 23.8. The molecule has 0 N–H and O–H groups in total. The summed E-state index contributed by atoms with van der Waals surface area (Å²) in [5.41, 5.74) is 2.68. The zero-order valence-electron chi connectivity index (χ0n) is 18.7. The third-order valence-electron chi connectivity index (χ3n) is 5.49. The van der Waals surface area contributed by atoms with Crippen LogP contribution >= 0.6 is 24.0 Å². The lowest BCUT2D eigenvalue weighted by atomic mass is 10.1.